The molecule has 1 aromatic carbocycles. The van der Waals surface area contributed by atoms with Gasteiger partial charge in [-0.25, -0.2) is 0 Å². The predicted octanol–water partition coefficient (Wildman–Crippen LogP) is 2.51. The lowest BCUT2D eigenvalue weighted by Gasteiger charge is -2.07. The molecule has 1 fully saturated rings. The summed E-state index contributed by atoms with van der Waals surface area (Å²) in [7, 11) is 0. The molecule has 0 unspecified atom stereocenters. The van der Waals surface area contributed by atoms with E-state index in [0.29, 0.717) is 30.0 Å². The van der Waals surface area contributed by atoms with Gasteiger partial charge in [0.2, 0.25) is 5.91 Å². The number of carbonyl (C=O) groups excluding carboxylic acids is 1. The van der Waals surface area contributed by atoms with Crippen molar-refractivity contribution in [3.63, 3.8) is 0 Å². The summed E-state index contributed by atoms with van der Waals surface area (Å²) in [5.41, 5.74) is 0.907. The van der Waals surface area contributed by atoms with Crippen LogP contribution in [0.15, 0.2) is 22.7 Å². The molecule has 114 valence electrons. The molecule has 1 amide bonds. The predicted molar refractivity (Wildman–Crippen MR) is 82.9 cm³/mol. The molecule has 0 aliphatic heterocycles. The van der Waals surface area contributed by atoms with Crippen molar-refractivity contribution in [3.05, 3.63) is 38.3 Å². The van der Waals surface area contributed by atoms with Crippen molar-refractivity contribution in [2.24, 2.45) is 0 Å². The van der Waals surface area contributed by atoms with E-state index in [-0.39, 0.29) is 11.6 Å². The molecular formula is C14H18BrN3O3. The fourth-order valence-electron chi connectivity index (χ4n) is 1.97. The van der Waals surface area contributed by atoms with Crippen molar-refractivity contribution in [2.75, 3.05) is 6.54 Å². The van der Waals surface area contributed by atoms with Crippen LogP contribution in [-0.4, -0.2) is 23.4 Å². The van der Waals surface area contributed by atoms with Crippen LogP contribution in [0.4, 0.5) is 5.69 Å². The Hall–Kier alpha value is -1.47. The summed E-state index contributed by atoms with van der Waals surface area (Å²) >= 11 is 3.26. The van der Waals surface area contributed by atoms with Gasteiger partial charge in [-0.05, 0) is 47.3 Å². The lowest BCUT2D eigenvalue weighted by atomic mass is 10.2. The molecule has 0 aromatic heterocycles. The maximum absolute atomic E-state index is 11.5. The molecule has 1 aliphatic carbocycles. The Kier molecular flexibility index (Phi) is 5.69. The molecule has 0 atom stereocenters. The van der Waals surface area contributed by atoms with Gasteiger partial charge in [0.25, 0.3) is 5.69 Å². The third-order valence-electron chi connectivity index (χ3n) is 3.27. The van der Waals surface area contributed by atoms with Crippen molar-refractivity contribution in [3.8, 4) is 0 Å². The second-order valence-corrected chi connectivity index (χ2v) is 5.92. The highest BCUT2D eigenvalue weighted by Crippen LogP contribution is 2.28. The van der Waals surface area contributed by atoms with E-state index >= 15 is 0 Å². The molecule has 1 saturated carbocycles. The van der Waals surface area contributed by atoms with Gasteiger partial charge < -0.3 is 10.6 Å². The third-order valence-corrected chi connectivity index (χ3v) is 4.19. The van der Waals surface area contributed by atoms with E-state index in [1.165, 1.54) is 6.07 Å². The minimum absolute atomic E-state index is 0.0677. The van der Waals surface area contributed by atoms with E-state index in [2.05, 4.69) is 26.6 Å². The van der Waals surface area contributed by atoms with E-state index in [0.717, 1.165) is 24.8 Å². The molecular weight excluding hydrogens is 338 g/mol. The van der Waals surface area contributed by atoms with Crippen LogP contribution >= 0.6 is 15.9 Å². The van der Waals surface area contributed by atoms with E-state index in [1.807, 2.05) is 6.07 Å². The number of nitro benzene ring substituents is 1. The fraction of sp³-hybridized carbons (Fsp3) is 0.500. The van der Waals surface area contributed by atoms with Crippen LogP contribution < -0.4 is 10.6 Å². The summed E-state index contributed by atoms with van der Waals surface area (Å²) in [6.07, 6.45) is 3.47. The first kappa shape index (κ1) is 15.9. The monoisotopic (exact) mass is 355 g/mol. The molecule has 0 heterocycles. The van der Waals surface area contributed by atoms with Gasteiger partial charge in [0.15, 0.2) is 0 Å². The number of rotatable bonds is 8. The molecule has 0 saturated heterocycles. The smallest absolute Gasteiger partial charge is 0.283 e. The summed E-state index contributed by atoms with van der Waals surface area (Å²) in [4.78, 5) is 21.9. The normalized spacial score (nSPS) is 14.0. The maximum Gasteiger partial charge on any atom is 0.283 e. The summed E-state index contributed by atoms with van der Waals surface area (Å²) in [5.74, 6) is 0.107. The minimum Gasteiger partial charge on any atom is -0.353 e. The first-order valence-electron chi connectivity index (χ1n) is 7.00. The maximum atomic E-state index is 11.5. The SMILES string of the molecule is O=C(CCCNCc1cccc([N+](=O)[O-])c1Br)NC1CC1. The highest BCUT2D eigenvalue weighted by Gasteiger charge is 2.22. The molecule has 1 aliphatic rings. The number of hydrogen-bond donors (Lipinski definition) is 2. The average molecular weight is 356 g/mol. The average Bonchev–Trinajstić information content (AvgIpc) is 3.23. The highest BCUT2D eigenvalue weighted by molar-refractivity contribution is 9.10. The Balaban J connectivity index is 1.69. The number of hydrogen-bond acceptors (Lipinski definition) is 4. The Labute approximate surface area is 131 Å². The fourth-order valence-corrected chi connectivity index (χ4v) is 2.52. The van der Waals surface area contributed by atoms with Crippen molar-refractivity contribution >= 4 is 27.5 Å². The largest absolute Gasteiger partial charge is 0.353 e. The van der Waals surface area contributed by atoms with Gasteiger partial charge in [-0.1, -0.05) is 12.1 Å². The van der Waals surface area contributed by atoms with Crippen molar-refractivity contribution in [2.45, 2.75) is 38.3 Å². The first-order chi connectivity index (χ1) is 10.1. The number of benzene rings is 1. The number of carbonyl (C=O) groups is 1. The second-order valence-electron chi connectivity index (χ2n) is 5.13. The Morgan fingerprint density at radius 3 is 2.86 bits per heavy atom. The third kappa shape index (κ3) is 5.09. The number of amides is 1. The molecule has 0 spiro atoms. The number of nitrogens with one attached hydrogen (secondary N) is 2. The molecule has 21 heavy (non-hydrogen) atoms. The molecule has 2 N–H and O–H groups in total. The minimum atomic E-state index is -0.407. The first-order valence-corrected chi connectivity index (χ1v) is 7.79. The summed E-state index contributed by atoms with van der Waals surface area (Å²) < 4.78 is 0.508. The summed E-state index contributed by atoms with van der Waals surface area (Å²) in [6.45, 7) is 1.24. The van der Waals surface area contributed by atoms with Crippen molar-refractivity contribution < 1.29 is 9.72 Å². The lowest BCUT2D eigenvalue weighted by molar-refractivity contribution is -0.385. The van der Waals surface area contributed by atoms with Crippen LogP contribution in [0.5, 0.6) is 0 Å². The van der Waals surface area contributed by atoms with Gasteiger partial charge in [-0.3, -0.25) is 14.9 Å². The molecule has 0 bridgehead atoms. The summed E-state index contributed by atoms with van der Waals surface area (Å²) in [6, 6.07) is 5.38. The van der Waals surface area contributed by atoms with Gasteiger partial charge in [0.05, 0.1) is 9.40 Å². The van der Waals surface area contributed by atoms with Gasteiger partial charge >= 0.3 is 0 Å². The van der Waals surface area contributed by atoms with Crippen molar-refractivity contribution in [1.29, 1.82) is 0 Å². The van der Waals surface area contributed by atoms with Crippen molar-refractivity contribution in [1.82, 2.24) is 10.6 Å². The van der Waals surface area contributed by atoms with Crippen LogP contribution in [-0.2, 0) is 11.3 Å². The second kappa shape index (κ2) is 7.51. The Bertz CT molecular complexity index is 532. The quantitative estimate of drug-likeness (QED) is 0.426. The van der Waals surface area contributed by atoms with Gasteiger partial charge in [0, 0.05) is 25.1 Å². The molecule has 2 rings (SSSR count). The number of halogens is 1. The topological polar surface area (TPSA) is 84.3 Å². The van der Waals surface area contributed by atoms with Crippen LogP contribution in [0.2, 0.25) is 0 Å². The highest BCUT2D eigenvalue weighted by atomic mass is 79.9. The van der Waals surface area contributed by atoms with Gasteiger partial charge in [0.1, 0.15) is 0 Å². The van der Waals surface area contributed by atoms with E-state index in [4.69, 9.17) is 0 Å². The zero-order valence-corrected chi connectivity index (χ0v) is 13.2. The van der Waals surface area contributed by atoms with Crippen LogP contribution in [0.1, 0.15) is 31.2 Å². The zero-order chi connectivity index (χ0) is 15.2. The lowest BCUT2D eigenvalue weighted by Crippen LogP contribution is -2.26. The molecule has 0 radical (unpaired) electrons. The zero-order valence-electron chi connectivity index (χ0n) is 11.6. The summed E-state index contributed by atoms with van der Waals surface area (Å²) in [5, 5.41) is 17.0. The molecule has 7 heteroatoms. The molecule has 1 aromatic rings. The Morgan fingerprint density at radius 2 is 2.19 bits per heavy atom. The van der Waals surface area contributed by atoms with E-state index in [1.54, 1.807) is 6.07 Å². The Morgan fingerprint density at radius 1 is 1.43 bits per heavy atom. The van der Waals surface area contributed by atoms with E-state index < -0.39 is 4.92 Å². The number of nitro groups is 1. The van der Waals surface area contributed by atoms with E-state index in [9.17, 15) is 14.9 Å². The van der Waals surface area contributed by atoms with Crippen LogP contribution in [0.25, 0.3) is 0 Å². The van der Waals surface area contributed by atoms with Crippen LogP contribution in [0, 0.1) is 10.1 Å². The standard InChI is InChI=1S/C14H18BrN3O3/c15-14-10(3-1-4-12(14)18(20)21)9-16-8-2-5-13(19)17-11-6-7-11/h1,3-4,11,16H,2,5-9H2,(H,17,19). The van der Waals surface area contributed by atoms with Crippen LogP contribution in [0.3, 0.4) is 0 Å². The van der Waals surface area contributed by atoms with Gasteiger partial charge in [-0.2, -0.15) is 0 Å². The van der Waals surface area contributed by atoms with Gasteiger partial charge in [-0.15, -0.1) is 0 Å². The molecule has 6 nitrogen and oxygen atoms in total. The number of nitrogens with zero attached hydrogens (tertiary/aromatic N) is 1.